The molecule has 0 atom stereocenters. The summed E-state index contributed by atoms with van der Waals surface area (Å²) >= 11 is 12.0. The van der Waals surface area contributed by atoms with Gasteiger partial charge in [0.1, 0.15) is 5.69 Å². The van der Waals surface area contributed by atoms with Crippen molar-refractivity contribution in [2.24, 2.45) is 5.10 Å². The van der Waals surface area contributed by atoms with Gasteiger partial charge in [-0.05, 0) is 24.3 Å². The van der Waals surface area contributed by atoms with Crippen LogP contribution in [0.3, 0.4) is 0 Å². The Morgan fingerprint density at radius 2 is 2.04 bits per heavy atom. The number of amides is 1. The number of aromatic amines is 1. The fourth-order valence-electron chi connectivity index (χ4n) is 1.84. The maximum Gasteiger partial charge on any atom is 0.291 e. The van der Waals surface area contributed by atoms with Gasteiger partial charge in [0.15, 0.2) is 11.5 Å². The molecule has 23 heavy (non-hydrogen) atoms. The number of hydrogen-bond acceptors (Lipinski definition) is 4. The van der Waals surface area contributed by atoms with Crippen molar-refractivity contribution in [3.8, 4) is 11.5 Å². The van der Waals surface area contributed by atoms with Crippen LogP contribution in [0.1, 0.15) is 16.1 Å². The van der Waals surface area contributed by atoms with Crippen molar-refractivity contribution in [1.82, 2.24) is 15.6 Å². The number of nitrogens with one attached hydrogen (secondary N) is 2. The number of H-pyrrole nitrogens is 1. The summed E-state index contributed by atoms with van der Waals surface area (Å²) in [5.41, 5.74) is 3.66. The van der Waals surface area contributed by atoms with Crippen LogP contribution in [0.5, 0.6) is 0 Å². The first-order valence-corrected chi connectivity index (χ1v) is 7.27. The molecule has 0 aliphatic rings. The van der Waals surface area contributed by atoms with Crippen molar-refractivity contribution in [2.75, 3.05) is 0 Å². The molecule has 2 N–H and O–H groups in total. The molecule has 3 rings (SSSR count). The van der Waals surface area contributed by atoms with Crippen LogP contribution >= 0.6 is 23.2 Å². The lowest BCUT2D eigenvalue weighted by Gasteiger charge is -2.00. The smallest absolute Gasteiger partial charge is 0.291 e. The normalized spacial score (nSPS) is 11.0. The Balaban J connectivity index is 1.69. The van der Waals surface area contributed by atoms with Gasteiger partial charge in [0, 0.05) is 11.6 Å². The molecule has 0 saturated carbocycles. The summed E-state index contributed by atoms with van der Waals surface area (Å²) in [7, 11) is 0. The first kappa shape index (κ1) is 15.3. The van der Waals surface area contributed by atoms with E-state index < -0.39 is 5.91 Å². The van der Waals surface area contributed by atoms with Gasteiger partial charge in [-0.2, -0.15) is 10.2 Å². The zero-order valence-electron chi connectivity index (χ0n) is 11.6. The van der Waals surface area contributed by atoms with Crippen molar-refractivity contribution < 1.29 is 9.21 Å². The van der Waals surface area contributed by atoms with Crippen molar-refractivity contribution >= 4 is 35.3 Å². The van der Waals surface area contributed by atoms with Gasteiger partial charge in [-0.1, -0.05) is 29.3 Å². The first-order valence-electron chi connectivity index (χ1n) is 6.52. The first-order chi connectivity index (χ1) is 11.1. The summed E-state index contributed by atoms with van der Waals surface area (Å²) in [6.45, 7) is 0. The number of carbonyl (C=O) groups excluding carboxylic acids is 1. The highest BCUT2D eigenvalue weighted by Crippen LogP contribution is 2.22. The van der Waals surface area contributed by atoms with E-state index in [9.17, 15) is 4.79 Å². The van der Waals surface area contributed by atoms with Crippen LogP contribution < -0.4 is 5.43 Å². The third-order valence-electron chi connectivity index (χ3n) is 2.96. The highest BCUT2D eigenvalue weighted by atomic mass is 35.5. The molecule has 0 spiro atoms. The van der Waals surface area contributed by atoms with Gasteiger partial charge in [-0.3, -0.25) is 9.89 Å². The molecule has 0 aliphatic carbocycles. The summed E-state index contributed by atoms with van der Waals surface area (Å²) in [6, 6.07) is 10.1. The molecule has 0 bridgehead atoms. The maximum absolute atomic E-state index is 12.0. The Labute approximate surface area is 141 Å². The topological polar surface area (TPSA) is 83.3 Å². The predicted molar refractivity (Wildman–Crippen MR) is 87.8 cm³/mol. The van der Waals surface area contributed by atoms with Crippen LogP contribution in [0.25, 0.3) is 11.5 Å². The van der Waals surface area contributed by atoms with Gasteiger partial charge >= 0.3 is 0 Å². The molecular formula is C15H10Cl2N4O2. The van der Waals surface area contributed by atoms with Gasteiger partial charge < -0.3 is 4.42 Å². The second kappa shape index (κ2) is 6.68. The quantitative estimate of drug-likeness (QED) is 0.556. The van der Waals surface area contributed by atoms with Crippen LogP contribution in [0.15, 0.2) is 52.2 Å². The molecule has 8 heteroatoms. The van der Waals surface area contributed by atoms with E-state index >= 15 is 0 Å². The molecule has 0 fully saturated rings. The number of carbonyl (C=O) groups is 1. The number of halogens is 2. The fraction of sp³-hybridized carbons (Fsp3) is 0. The third kappa shape index (κ3) is 3.44. The minimum absolute atomic E-state index is 0.179. The molecule has 2 heterocycles. The Kier molecular flexibility index (Phi) is 4.45. The second-order valence-electron chi connectivity index (χ2n) is 4.48. The Morgan fingerprint density at radius 1 is 1.26 bits per heavy atom. The zero-order valence-corrected chi connectivity index (χ0v) is 13.1. The SMILES string of the molecule is O=C(N/N=C\c1c(Cl)cccc1Cl)c1cc(-c2ccco2)[nH]n1. The van der Waals surface area contributed by atoms with Crippen LogP contribution in [-0.2, 0) is 0 Å². The molecule has 1 aromatic carbocycles. The minimum atomic E-state index is -0.474. The Morgan fingerprint density at radius 3 is 2.74 bits per heavy atom. The zero-order chi connectivity index (χ0) is 16.2. The second-order valence-corrected chi connectivity index (χ2v) is 5.29. The highest BCUT2D eigenvalue weighted by molar-refractivity contribution is 6.38. The number of furan rings is 1. The molecular weight excluding hydrogens is 339 g/mol. The molecule has 6 nitrogen and oxygen atoms in total. The molecule has 2 aromatic heterocycles. The Hall–Kier alpha value is -2.57. The van der Waals surface area contributed by atoms with E-state index in [-0.39, 0.29) is 5.69 Å². The van der Waals surface area contributed by atoms with Crippen molar-refractivity contribution in [3.05, 3.63) is 64.0 Å². The van der Waals surface area contributed by atoms with Crippen molar-refractivity contribution in [3.63, 3.8) is 0 Å². The number of nitrogens with zero attached hydrogens (tertiary/aromatic N) is 2. The number of benzene rings is 1. The molecule has 0 saturated heterocycles. The number of aromatic nitrogens is 2. The van der Waals surface area contributed by atoms with Crippen LogP contribution in [0.4, 0.5) is 0 Å². The average molecular weight is 349 g/mol. The lowest BCUT2D eigenvalue weighted by atomic mass is 10.2. The monoisotopic (exact) mass is 348 g/mol. The third-order valence-corrected chi connectivity index (χ3v) is 3.62. The van der Waals surface area contributed by atoms with E-state index in [1.807, 2.05) is 0 Å². The van der Waals surface area contributed by atoms with Gasteiger partial charge in [-0.15, -0.1) is 0 Å². The summed E-state index contributed by atoms with van der Waals surface area (Å²) in [6.07, 6.45) is 2.91. The highest BCUT2D eigenvalue weighted by Gasteiger charge is 2.12. The summed E-state index contributed by atoms with van der Waals surface area (Å²) in [4.78, 5) is 12.0. The number of hydrazone groups is 1. The number of hydrogen-bond donors (Lipinski definition) is 2. The summed E-state index contributed by atoms with van der Waals surface area (Å²) in [5.74, 6) is 0.112. The van der Waals surface area contributed by atoms with Crippen molar-refractivity contribution in [1.29, 1.82) is 0 Å². The van der Waals surface area contributed by atoms with E-state index in [0.717, 1.165) is 0 Å². The fourth-order valence-corrected chi connectivity index (χ4v) is 2.34. The molecule has 0 unspecified atom stereocenters. The standard InChI is InChI=1S/C15H10Cl2N4O2/c16-10-3-1-4-11(17)9(10)8-18-21-15(22)13-7-12(19-20-13)14-5-2-6-23-14/h1-8H,(H,19,20)(H,21,22)/b18-8-. The predicted octanol–water partition coefficient (Wildman–Crippen LogP) is 3.74. The molecule has 1 amide bonds. The molecule has 0 aliphatic heterocycles. The van der Waals surface area contributed by atoms with Crippen LogP contribution in [0.2, 0.25) is 10.0 Å². The minimum Gasteiger partial charge on any atom is -0.463 e. The summed E-state index contributed by atoms with van der Waals surface area (Å²) in [5, 5.41) is 11.3. The molecule has 116 valence electrons. The lowest BCUT2D eigenvalue weighted by Crippen LogP contribution is -2.18. The van der Waals surface area contributed by atoms with Crippen LogP contribution in [0, 0.1) is 0 Å². The van der Waals surface area contributed by atoms with Gasteiger partial charge in [0.2, 0.25) is 0 Å². The summed E-state index contributed by atoms with van der Waals surface area (Å²) < 4.78 is 5.22. The van der Waals surface area contributed by atoms with E-state index in [1.165, 1.54) is 12.5 Å². The van der Waals surface area contributed by atoms with E-state index in [0.29, 0.717) is 27.1 Å². The van der Waals surface area contributed by atoms with E-state index in [2.05, 4.69) is 20.7 Å². The van der Waals surface area contributed by atoms with Gasteiger partial charge in [0.25, 0.3) is 5.91 Å². The van der Waals surface area contributed by atoms with Gasteiger partial charge in [-0.25, -0.2) is 5.43 Å². The van der Waals surface area contributed by atoms with Crippen LogP contribution in [-0.4, -0.2) is 22.3 Å². The largest absolute Gasteiger partial charge is 0.463 e. The van der Waals surface area contributed by atoms with E-state index in [4.69, 9.17) is 27.6 Å². The average Bonchev–Trinajstić information content (AvgIpc) is 3.20. The number of rotatable bonds is 4. The maximum atomic E-state index is 12.0. The molecule has 3 aromatic rings. The van der Waals surface area contributed by atoms with E-state index in [1.54, 1.807) is 36.4 Å². The Bertz CT molecular complexity index is 836. The van der Waals surface area contributed by atoms with Gasteiger partial charge in [0.05, 0.1) is 22.5 Å². The molecule has 0 radical (unpaired) electrons. The lowest BCUT2D eigenvalue weighted by molar-refractivity contribution is 0.0950. The van der Waals surface area contributed by atoms with Crippen molar-refractivity contribution in [2.45, 2.75) is 0 Å².